The summed E-state index contributed by atoms with van der Waals surface area (Å²) in [5, 5.41) is 9.51. The first-order chi connectivity index (χ1) is 9.97. The van der Waals surface area contributed by atoms with Crippen molar-refractivity contribution in [2.75, 3.05) is 13.1 Å². The summed E-state index contributed by atoms with van der Waals surface area (Å²) in [4.78, 5) is 33.5. The van der Waals surface area contributed by atoms with Crippen LogP contribution in [0.4, 0.5) is 0 Å². The van der Waals surface area contributed by atoms with Crippen LogP contribution in [-0.2, 0) is 20.6 Å². The third-order valence-corrected chi connectivity index (χ3v) is 4.07. The number of piperidine rings is 1. The van der Waals surface area contributed by atoms with Gasteiger partial charge < -0.3 is 10.1 Å². The van der Waals surface area contributed by atoms with Crippen molar-refractivity contribution in [1.82, 2.24) is 24.0 Å². The number of hydrogen-bond donors (Lipinski definition) is 2. The third kappa shape index (κ3) is 2.40. The van der Waals surface area contributed by atoms with Gasteiger partial charge in [-0.2, -0.15) is 0 Å². The van der Waals surface area contributed by atoms with Gasteiger partial charge in [0.05, 0.1) is 12.6 Å². The molecule has 1 aliphatic rings. The molecule has 8 nitrogen and oxygen atoms in total. The van der Waals surface area contributed by atoms with E-state index in [0.717, 1.165) is 30.5 Å². The molecule has 8 heteroatoms. The molecule has 114 valence electrons. The maximum Gasteiger partial charge on any atom is 0.332 e. The molecule has 0 amide bonds. The summed E-state index contributed by atoms with van der Waals surface area (Å²) in [7, 11) is 3.06. The molecule has 0 unspecified atom stereocenters. The summed E-state index contributed by atoms with van der Waals surface area (Å²) in [6, 6.07) is 0. The van der Waals surface area contributed by atoms with E-state index in [2.05, 4.69) is 14.9 Å². The summed E-state index contributed by atoms with van der Waals surface area (Å²) < 4.78 is 2.44. The van der Waals surface area contributed by atoms with Crippen LogP contribution in [0.3, 0.4) is 0 Å². The van der Waals surface area contributed by atoms with Crippen LogP contribution in [0.15, 0.2) is 9.59 Å². The number of rotatable bonds is 2. The minimum Gasteiger partial charge on any atom is -0.393 e. The summed E-state index contributed by atoms with van der Waals surface area (Å²) in [6.45, 7) is 2.18. The maximum absolute atomic E-state index is 12.1. The van der Waals surface area contributed by atoms with Gasteiger partial charge in [0.2, 0.25) is 0 Å². The van der Waals surface area contributed by atoms with Crippen LogP contribution < -0.4 is 11.2 Å². The molecule has 2 aromatic rings. The van der Waals surface area contributed by atoms with E-state index in [4.69, 9.17) is 0 Å². The van der Waals surface area contributed by atoms with Gasteiger partial charge in [-0.15, -0.1) is 0 Å². The highest BCUT2D eigenvalue weighted by molar-refractivity contribution is 5.69. The third-order valence-electron chi connectivity index (χ3n) is 4.07. The Kier molecular flexibility index (Phi) is 3.42. The molecule has 0 aliphatic carbocycles. The molecule has 2 aromatic heterocycles. The van der Waals surface area contributed by atoms with Crippen LogP contribution in [0.25, 0.3) is 11.2 Å². The molecule has 0 atom stereocenters. The molecule has 3 heterocycles. The van der Waals surface area contributed by atoms with E-state index in [1.165, 1.54) is 11.6 Å². The van der Waals surface area contributed by atoms with Crippen LogP contribution in [0, 0.1) is 0 Å². The van der Waals surface area contributed by atoms with E-state index in [1.807, 2.05) is 0 Å². The lowest BCUT2D eigenvalue weighted by atomic mass is 10.1. The summed E-state index contributed by atoms with van der Waals surface area (Å²) in [5.41, 5.74) is -0.00523. The average Bonchev–Trinajstić information content (AvgIpc) is 2.89. The van der Waals surface area contributed by atoms with Gasteiger partial charge in [-0.25, -0.2) is 9.78 Å². The Morgan fingerprint density at radius 1 is 1.24 bits per heavy atom. The molecule has 0 spiro atoms. The van der Waals surface area contributed by atoms with Crippen LogP contribution in [0.1, 0.15) is 18.7 Å². The van der Waals surface area contributed by atoms with E-state index in [9.17, 15) is 14.7 Å². The zero-order valence-electron chi connectivity index (χ0n) is 12.2. The number of aromatic amines is 1. The van der Waals surface area contributed by atoms with Crippen molar-refractivity contribution in [3.05, 3.63) is 26.7 Å². The van der Waals surface area contributed by atoms with Gasteiger partial charge in [-0.1, -0.05) is 0 Å². The standard InChI is InChI=1S/C13H19N5O3/c1-16-11-10(12(20)17(2)13(16)21)14-9(15-11)7-18-5-3-8(19)4-6-18/h8,19H,3-7H2,1-2H3,(H,14,15). The van der Waals surface area contributed by atoms with Gasteiger partial charge in [0.1, 0.15) is 11.3 Å². The van der Waals surface area contributed by atoms with Crippen molar-refractivity contribution in [2.45, 2.75) is 25.5 Å². The highest BCUT2D eigenvalue weighted by Crippen LogP contribution is 2.13. The van der Waals surface area contributed by atoms with Crippen molar-refractivity contribution < 1.29 is 5.11 Å². The highest BCUT2D eigenvalue weighted by atomic mass is 16.3. The van der Waals surface area contributed by atoms with Crippen molar-refractivity contribution in [2.24, 2.45) is 14.1 Å². The number of fused-ring (bicyclic) bond motifs is 1. The molecular formula is C13H19N5O3. The SMILES string of the molecule is Cn1c(=O)c2[nH]c(CN3CCC(O)CC3)nc2n(C)c1=O. The number of imidazole rings is 1. The number of likely N-dealkylation sites (tertiary alicyclic amines) is 1. The zero-order chi connectivity index (χ0) is 15.1. The second-order valence-electron chi connectivity index (χ2n) is 5.60. The predicted octanol–water partition coefficient (Wildman–Crippen LogP) is -1.08. The number of aliphatic hydroxyl groups is 1. The molecule has 3 rings (SSSR count). The Morgan fingerprint density at radius 2 is 1.90 bits per heavy atom. The Labute approximate surface area is 120 Å². The Balaban J connectivity index is 1.95. The topological polar surface area (TPSA) is 96.2 Å². The quantitative estimate of drug-likeness (QED) is 0.734. The Bertz CT molecular complexity index is 779. The van der Waals surface area contributed by atoms with Gasteiger partial charge in [0.15, 0.2) is 5.65 Å². The molecule has 2 N–H and O–H groups in total. The minimum atomic E-state index is -0.383. The van der Waals surface area contributed by atoms with E-state index in [1.54, 1.807) is 7.05 Å². The monoisotopic (exact) mass is 293 g/mol. The number of aromatic nitrogens is 4. The fourth-order valence-corrected chi connectivity index (χ4v) is 2.74. The first-order valence-corrected chi connectivity index (χ1v) is 7.02. The van der Waals surface area contributed by atoms with E-state index in [0.29, 0.717) is 23.5 Å². The molecule has 0 bridgehead atoms. The number of nitrogens with one attached hydrogen (secondary N) is 1. The largest absolute Gasteiger partial charge is 0.393 e. The molecule has 0 radical (unpaired) electrons. The molecule has 1 fully saturated rings. The van der Waals surface area contributed by atoms with Crippen molar-refractivity contribution in [3.8, 4) is 0 Å². The lowest BCUT2D eigenvalue weighted by Crippen LogP contribution is -2.36. The predicted molar refractivity (Wildman–Crippen MR) is 77.1 cm³/mol. The second-order valence-corrected chi connectivity index (χ2v) is 5.60. The van der Waals surface area contributed by atoms with Crippen molar-refractivity contribution >= 4 is 11.2 Å². The highest BCUT2D eigenvalue weighted by Gasteiger charge is 2.19. The molecule has 0 aromatic carbocycles. The average molecular weight is 293 g/mol. The smallest absolute Gasteiger partial charge is 0.332 e. The zero-order valence-corrected chi connectivity index (χ0v) is 12.2. The molecule has 0 saturated carbocycles. The summed E-state index contributed by atoms with van der Waals surface area (Å²) in [6.07, 6.45) is 1.28. The van der Waals surface area contributed by atoms with Crippen LogP contribution in [0.2, 0.25) is 0 Å². The number of hydrogen-bond acceptors (Lipinski definition) is 5. The van der Waals surface area contributed by atoms with Gasteiger partial charge in [-0.05, 0) is 12.8 Å². The number of aryl methyl sites for hydroxylation is 1. The minimum absolute atomic E-state index is 0.218. The van der Waals surface area contributed by atoms with Crippen molar-refractivity contribution in [1.29, 1.82) is 0 Å². The van der Waals surface area contributed by atoms with E-state index in [-0.39, 0.29) is 17.4 Å². The van der Waals surface area contributed by atoms with Gasteiger partial charge >= 0.3 is 5.69 Å². The number of aliphatic hydroxyl groups excluding tert-OH is 1. The van der Waals surface area contributed by atoms with E-state index < -0.39 is 0 Å². The normalized spacial score (nSPS) is 17.7. The Hall–Kier alpha value is -1.93. The van der Waals surface area contributed by atoms with Gasteiger partial charge in [-0.3, -0.25) is 18.8 Å². The molecule has 21 heavy (non-hydrogen) atoms. The Morgan fingerprint density at radius 3 is 2.57 bits per heavy atom. The summed E-state index contributed by atoms with van der Waals surface area (Å²) in [5.74, 6) is 0.666. The molecular weight excluding hydrogens is 274 g/mol. The van der Waals surface area contributed by atoms with Crippen molar-refractivity contribution in [3.63, 3.8) is 0 Å². The second kappa shape index (κ2) is 5.12. The number of H-pyrrole nitrogens is 1. The van der Waals surface area contributed by atoms with E-state index >= 15 is 0 Å². The molecule has 1 saturated heterocycles. The number of nitrogens with zero attached hydrogens (tertiary/aromatic N) is 4. The fourth-order valence-electron chi connectivity index (χ4n) is 2.74. The maximum atomic E-state index is 12.1. The van der Waals surface area contributed by atoms with Crippen LogP contribution >= 0.6 is 0 Å². The molecule has 1 aliphatic heterocycles. The lowest BCUT2D eigenvalue weighted by molar-refractivity contribution is 0.0782. The van der Waals surface area contributed by atoms with Gasteiger partial charge in [0, 0.05) is 27.2 Å². The lowest BCUT2D eigenvalue weighted by Gasteiger charge is -2.28. The fraction of sp³-hybridized carbons (Fsp3) is 0.615. The van der Waals surface area contributed by atoms with Gasteiger partial charge in [0.25, 0.3) is 5.56 Å². The first kappa shape index (κ1) is 14.0. The first-order valence-electron chi connectivity index (χ1n) is 7.02. The summed E-state index contributed by atoms with van der Waals surface area (Å²) >= 11 is 0. The van der Waals surface area contributed by atoms with Crippen LogP contribution in [0.5, 0.6) is 0 Å². The van der Waals surface area contributed by atoms with Crippen LogP contribution in [-0.4, -0.2) is 48.3 Å².